The maximum absolute atomic E-state index is 13.5. The first-order valence-corrected chi connectivity index (χ1v) is 18.2. The number of carboxylic acids is 4. The normalized spacial score (nSPS) is 13.2. The van der Waals surface area contributed by atoms with Crippen LogP contribution in [0.4, 0.5) is 17.6 Å². The van der Waals surface area contributed by atoms with Crippen molar-refractivity contribution in [2.45, 2.75) is 18.6 Å². The van der Waals surface area contributed by atoms with Crippen LogP contribution >= 0.6 is 0 Å². The summed E-state index contributed by atoms with van der Waals surface area (Å²) in [7, 11) is 0. The molecule has 59 heavy (non-hydrogen) atoms. The maximum atomic E-state index is 13.5. The average molecular weight is 825 g/mol. The van der Waals surface area contributed by atoms with E-state index in [1.54, 1.807) is 48.5 Å². The van der Waals surface area contributed by atoms with Crippen molar-refractivity contribution in [2.24, 2.45) is 0 Å². The Morgan fingerprint density at radius 3 is 0.983 bits per heavy atom. The molecule has 1 aliphatic rings. The first kappa shape index (κ1) is 47.2. The van der Waals surface area contributed by atoms with Crippen LogP contribution in [-0.2, 0) is 28.7 Å². The van der Waals surface area contributed by atoms with Crippen LogP contribution in [0.25, 0.3) is 0 Å². The molecule has 0 aromatic heterocycles. The van der Waals surface area contributed by atoms with Gasteiger partial charge in [-0.15, -0.1) is 0 Å². The molecule has 0 spiro atoms. The molecule has 0 saturated carbocycles. The molecule has 0 radical (unpaired) electrons. The zero-order valence-electron chi connectivity index (χ0n) is 31.7. The topological polar surface area (TPSA) is 174 Å². The lowest BCUT2D eigenvalue weighted by molar-refractivity contribution is -0.134. The number of rotatable bonds is 17. The van der Waals surface area contributed by atoms with E-state index in [0.29, 0.717) is 37.5 Å². The minimum absolute atomic E-state index is 0.312. The molecule has 0 aliphatic carbocycles. The lowest BCUT2D eigenvalue weighted by atomic mass is 10.0. The predicted molar refractivity (Wildman–Crippen MR) is 208 cm³/mol. The number of ether oxygens (including phenoxy) is 2. The van der Waals surface area contributed by atoms with Gasteiger partial charge in [0.2, 0.25) is 0 Å². The van der Waals surface area contributed by atoms with Crippen molar-refractivity contribution in [1.82, 2.24) is 9.80 Å². The molecule has 0 amide bonds. The molecule has 4 aromatic carbocycles. The molecule has 4 aromatic rings. The molecular weight excluding hydrogens is 780 g/mol. The summed E-state index contributed by atoms with van der Waals surface area (Å²) in [4.78, 5) is 43.0. The molecule has 16 heteroatoms. The monoisotopic (exact) mass is 824 g/mol. The molecule has 12 nitrogen and oxygen atoms in total. The van der Waals surface area contributed by atoms with Crippen LogP contribution in [0, 0.1) is 23.3 Å². The van der Waals surface area contributed by atoms with Crippen molar-refractivity contribution in [3.63, 3.8) is 0 Å². The molecule has 4 N–H and O–H groups in total. The average Bonchev–Trinajstić information content (AvgIpc) is 3.21. The first-order valence-electron chi connectivity index (χ1n) is 18.2. The Morgan fingerprint density at radius 1 is 0.458 bits per heavy atom. The minimum Gasteiger partial charge on any atom is -0.478 e. The number of halogens is 4. The number of nitrogens with zero attached hydrogens (tertiary/aromatic N) is 2. The maximum Gasteiger partial charge on any atom is 0.328 e. The number of carboxylic acid groups (broad SMARTS) is 4. The van der Waals surface area contributed by atoms with Crippen LogP contribution in [0.15, 0.2) is 121 Å². The van der Waals surface area contributed by atoms with E-state index in [0.717, 1.165) is 67.9 Å². The van der Waals surface area contributed by atoms with Gasteiger partial charge in [-0.05, 0) is 77.2 Å². The van der Waals surface area contributed by atoms with E-state index in [9.17, 15) is 36.7 Å². The SMILES string of the molecule is Fc1ccc(C(OCCCN2CCN(CCOC(c3ccc(F)cc3)c3ccc(F)cc3)CC2)c2ccc(F)cc2)cc1.O=C(O)/C=C\C(=O)O.O=C(O)/C=C\C(=O)O. The second kappa shape index (κ2) is 25.2. The van der Waals surface area contributed by atoms with Gasteiger partial charge in [-0.25, -0.2) is 36.7 Å². The van der Waals surface area contributed by atoms with Gasteiger partial charge in [0.25, 0.3) is 0 Å². The number of carbonyl (C=O) groups is 4. The van der Waals surface area contributed by atoms with Crippen LogP contribution in [0.1, 0.15) is 40.9 Å². The van der Waals surface area contributed by atoms with E-state index in [-0.39, 0.29) is 23.3 Å². The largest absolute Gasteiger partial charge is 0.478 e. The summed E-state index contributed by atoms with van der Waals surface area (Å²) in [6.45, 7) is 6.33. The number of aliphatic carboxylic acids is 4. The second-order valence-corrected chi connectivity index (χ2v) is 12.8. The van der Waals surface area contributed by atoms with Crippen molar-refractivity contribution in [3.05, 3.63) is 167 Å². The number of benzene rings is 4. The quantitative estimate of drug-likeness (QED) is 0.0512. The van der Waals surface area contributed by atoms with E-state index in [2.05, 4.69) is 9.80 Å². The van der Waals surface area contributed by atoms with E-state index in [4.69, 9.17) is 29.9 Å². The van der Waals surface area contributed by atoms with Crippen molar-refractivity contribution in [1.29, 1.82) is 0 Å². The van der Waals surface area contributed by atoms with Gasteiger partial charge in [-0.2, -0.15) is 0 Å². The molecule has 0 atom stereocenters. The number of hydrogen-bond acceptors (Lipinski definition) is 8. The zero-order valence-corrected chi connectivity index (χ0v) is 31.7. The molecule has 0 unspecified atom stereocenters. The molecule has 1 fully saturated rings. The highest BCUT2D eigenvalue weighted by molar-refractivity contribution is 5.90. The molecule has 5 rings (SSSR count). The third-order valence-electron chi connectivity index (χ3n) is 8.49. The van der Waals surface area contributed by atoms with E-state index in [1.807, 2.05) is 0 Å². The standard InChI is InChI=1S/C35H36F4N2O2.2C4H4O4/c36-30-10-2-26(3-11-30)34(27-4-12-31(37)13-5-27)42-24-1-18-40-19-21-41(22-20-40)23-25-43-35(28-6-14-32(38)15-7-28)29-8-16-33(39)17-9-29;2*5-3(6)1-2-4(7)8/h2-17,34-35H,1,18-25H2;2*1-2H,(H,5,6)(H,7,8)/b;2*2-1-. The highest BCUT2D eigenvalue weighted by atomic mass is 19.1. The zero-order chi connectivity index (χ0) is 43.2. The van der Waals surface area contributed by atoms with Gasteiger partial charge in [-0.3, -0.25) is 4.90 Å². The van der Waals surface area contributed by atoms with Crippen LogP contribution in [0.5, 0.6) is 0 Å². The smallest absolute Gasteiger partial charge is 0.328 e. The fourth-order valence-corrected chi connectivity index (χ4v) is 5.63. The van der Waals surface area contributed by atoms with Gasteiger partial charge in [0, 0.05) is 70.2 Å². The molecule has 1 saturated heterocycles. The molecule has 1 heterocycles. The van der Waals surface area contributed by atoms with Crippen LogP contribution < -0.4 is 0 Å². The number of hydrogen-bond donors (Lipinski definition) is 4. The Labute approximate surface area is 337 Å². The van der Waals surface area contributed by atoms with Crippen LogP contribution in [-0.4, -0.2) is 107 Å². The van der Waals surface area contributed by atoms with E-state index < -0.39 is 36.1 Å². The summed E-state index contributed by atoms with van der Waals surface area (Å²) >= 11 is 0. The first-order chi connectivity index (χ1) is 28.2. The molecular formula is C43H44F4N2O10. The Bertz CT molecular complexity index is 1810. The highest BCUT2D eigenvalue weighted by Crippen LogP contribution is 2.28. The van der Waals surface area contributed by atoms with Crippen LogP contribution in [0.2, 0.25) is 0 Å². The fourth-order valence-electron chi connectivity index (χ4n) is 5.63. The fraction of sp³-hybridized carbons (Fsp3) is 0.256. The summed E-state index contributed by atoms with van der Waals surface area (Å²) in [6.07, 6.45) is 2.26. The van der Waals surface area contributed by atoms with Gasteiger partial charge >= 0.3 is 23.9 Å². The molecule has 314 valence electrons. The molecule has 0 bridgehead atoms. The summed E-state index contributed by atoms with van der Waals surface area (Å²) < 4.78 is 66.5. The van der Waals surface area contributed by atoms with E-state index in [1.165, 1.54) is 48.5 Å². The summed E-state index contributed by atoms with van der Waals surface area (Å²) in [6, 6.07) is 24.9. The van der Waals surface area contributed by atoms with Gasteiger partial charge in [0.15, 0.2) is 0 Å². The lowest BCUT2D eigenvalue weighted by Crippen LogP contribution is -2.47. The molecule has 1 aliphatic heterocycles. The highest BCUT2D eigenvalue weighted by Gasteiger charge is 2.20. The Hall–Kier alpha value is -6.20. The van der Waals surface area contributed by atoms with Gasteiger partial charge in [0.1, 0.15) is 35.5 Å². The van der Waals surface area contributed by atoms with Crippen molar-refractivity contribution in [3.8, 4) is 0 Å². The van der Waals surface area contributed by atoms with Gasteiger partial charge in [-0.1, -0.05) is 48.5 Å². The Kier molecular flexibility index (Phi) is 20.2. The Morgan fingerprint density at radius 2 is 0.712 bits per heavy atom. The third-order valence-corrected chi connectivity index (χ3v) is 8.49. The van der Waals surface area contributed by atoms with Gasteiger partial charge < -0.3 is 34.8 Å². The van der Waals surface area contributed by atoms with Crippen LogP contribution in [0.3, 0.4) is 0 Å². The lowest BCUT2D eigenvalue weighted by Gasteiger charge is -2.35. The predicted octanol–water partition coefficient (Wildman–Crippen LogP) is 6.59. The van der Waals surface area contributed by atoms with Crippen molar-refractivity contribution in [2.75, 3.05) is 52.5 Å². The second-order valence-electron chi connectivity index (χ2n) is 12.8. The minimum atomic E-state index is -1.26. The van der Waals surface area contributed by atoms with Crippen molar-refractivity contribution >= 4 is 23.9 Å². The third kappa shape index (κ3) is 18.7. The van der Waals surface area contributed by atoms with Gasteiger partial charge in [0.05, 0.1) is 6.61 Å². The summed E-state index contributed by atoms with van der Waals surface area (Å²) in [5, 5.41) is 31.2. The van der Waals surface area contributed by atoms with E-state index >= 15 is 0 Å². The number of piperazine rings is 1. The summed E-state index contributed by atoms with van der Waals surface area (Å²) in [5.74, 6) is -6.28. The summed E-state index contributed by atoms with van der Waals surface area (Å²) in [5.41, 5.74) is 3.29. The van der Waals surface area contributed by atoms with Crippen molar-refractivity contribution < 1.29 is 66.6 Å². The Balaban J connectivity index is 0.000000490.